The summed E-state index contributed by atoms with van der Waals surface area (Å²) >= 11 is 1.56. The lowest BCUT2D eigenvalue weighted by atomic mass is 9.82. The van der Waals surface area contributed by atoms with Crippen molar-refractivity contribution < 1.29 is 9.90 Å². The van der Waals surface area contributed by atoms with Crippen LogP contribution in [0.4, 0.5) is 5.13 Å². The Bertz CT molecular complexity index is 352. The molecule has 0 bridgehead atoms. The van der Waals surface area contributed by atoms with E-state index in [9.17, 15) is 4.79 Å². The number of nitrogens with zero attached hydrogens (tertiary/aromatic N) is 2. The number of anilines is 1. The second-order valence-electron chi connectivity index (χ2n) is 4.21. The summed E-state index contributed by atoms with van der Waals surface area (Å²) in [6, 6.07) is 0. The molecule has 1 atom stereocenters. The van der Waals surface area contributed by atoms with Gasteiger partial charge in [0.1, 0.15) is 0 Å². The quantitative estimate of drug-likeness (QED) is 0.836. The molecule has 0 radical (unpaired) electrons. The van der Waals surface area contributed by atoms with Crippen molar-refractivity contribution in [1.29, 1.82) is 0 Å². The molecule has 0 saturated carbocycles. The van der Waals surface area contributed by atoms with E-state index in [4.69, 9.17) is 5.11 Å². The smallest absolute Gasteiger partial charge is 0.311 e. The summed E-state index contributed by atoms with van der Waals surface area (Å²) in [5, 5.41) is 12.0. The highest BCUT2D eigenvalue weighted by atomic mass is 32.1. The van der Waals surface area contributed by atoms with Gasteiger partial charge in [-0.25, -0.2) is 4.98 Å². The zero-order valence-electron chi connectivity index (χ0n) is 8.64. The Hall–Kier alpha value is -1.10. The highest BCUT2D eigenvalue weighted by molar-refractivity contribution is 7.13. The maximum Gasteiger partial charge on any atom is 0.311 e. The second kappa shape index (κ2) is 3.81. The van der Waals surface area contributed by atoms with Gasteiger partial charge in [-0.15, -0.1) is 11.3 Å². The molecule has 0 aromatic carbocycles. The van der Waals surface area contributed by atoms with E-state index >= 15 is 0 Å². The third kappa shape index (κ3) is 1.97. The van der Waals surface area contributed by atoms with Crippen LogP contribution in [-0.4, -0.2) is 29.1 Å². The molecule has 1 fully saturated rings. The maximum atomic E-state index is 11.1. The summed E-state index contributed by atoms with van der Waals surface area (Å²) in [5.41, 5.74) is -0.621. The minimum atomic E-state index is -0.705. The van der Waals surface area contributed by atoms with E-state index in [0.717, 1.165) is 24.5 Å². The lowest BCUT2D eigenvalue weighted by molar-refractivity contribution is -0.148. The van der Waals surface area contributed by atoms with Crippen LogP contribution in [0.1, 0.15) is 19.8 Å². The van der Waals surface area contributed by atoms with Crippen LogP contribution in [-0.2, 0) is 4.79 Å². The predicted octanol–water partition coefficient (Wildman–Crippen LogP) is 1.83. The number of piperidine rings is 1. The minimum Gasteiger partial charge on any atom is -0.481 e. The SMILES string of the molecule is CC1(C(=O)O)CCCN(c2nccs2)C1. The number of carboxylic acid groups (broad SMARTS) is 1. The number of carboxylic acids is 1. The molecule has 5 heteroatoms. The lowest BCUT2D eigenvalue weighted by Gasteiger charge is -2.37. The van der Waals surface area contributed by atoms with E-state index in [2.05, 4.69) is 9.88 Å². The Balaban J connectivity index is 2.14. The molecule has 0 amide bonds. The largest absolute Gasteiger partial charge is 0.481 e. The molecule has 82 valence electrons. The molecule has 4 nitrogen and oxygen atoms in total. The molecule has 1 N–H and O–H groups in total. The van der Waals surface area contributed by atoms with Crippen molar-refractivity contribution in [2.45, 2.75) is 19.8 Å². The van der Waals surface area contributed by atoms with E-state index < -0.39 is 11.4 Å². The van der Waals surface area contributed by atoms with E-state index in [1.54, 1.807) is 17.5 Å². The van der Waals surface area contributed by atoms with Gasteiger partial charge in [0.15, 0.2) is 5.13 Å². The molecule has 2 heterocycles. The van der Waals surface area contributed by atoms with Gasteiger partial charge in [-0.3, -0.25) is 4.79 Å². The molecule has 0 aliphatic carbocycles. The normalized spacial score (nSPS) is 26.6. The van der Waals surface area contributed by atoms with Crippen LogP contribution < -0.4 is 4.90 Å². The zero-order valence-corrected chi connectivity index (χ0v) is 9.46. The molecule has 0 spiro atoms. The fourth-order valence-corrected chi connectivity index (χ4v) is 2.62. The molecule has 1 aliphatic heterocycles. The van der Waals surface area contributed by atoms with Crippen LogP contribution in [0.2, 0.25) is 0 Å². The molecule has 15 heavy (non-hydrogen) atoms. The molecule has 1 saturated heterocycles. The number of aliphatic carboxylic acids is 1. The van der Waals surface area contributed by atoms with Crippen LogP contribution >= 0.6 is 11.3 Å². The average molecular weight is 226 g/mol. The molecule has 1 aliphatic rings. The fourth-order valence-electron chi connectivity index (χ4n) is 1.95. The highest BCUT2D eigenvalue weighted by Gasteiger charge is 2.38. The third-order valence-electron chi connectivity index (χ3n) is 2.90. The zero-order chi connectivity index (χ0) is 10.9. The van der Waals surface area contributed by atoms with Gasteiger partial charge in [0.05, 0.1) is 5.41 Å². The Morgan fingerprint density at radius 2 is 2.53 bits per heavy atom. The summed E-state index contributed by atoms with van der Waals surface area (Å²) in [6.07, 6.45) is 3.43. The first-order chi connectivity index (χ1) is 7.12. The number of hydrogen-bond acceptors (Lipinski definition) is 4. The summed E-state index contributed by atoms with van der Waals surface area (Å²) in [4.78, 5) is 17.4. The van der Waals surface area contributed by atoms with Gasteiger partial charge in [-0.2, -0.15) is 0 Å². The first kappa shape index (κ1) is 10.4. The number of rotatable bonds is 2. The van der Waals surface area contributed by atoms with Crippen LogP contribution in [0.25, 0.3) is 0 Å². The molecule has 2 rings (SSSR count). The molecule has 1 aromatic heterocycles. The van der Waals surface area contributed by atoms with E-state index in [0.29, 0.717) is 6.54 Å². The van der Waals surface area contributed by atoms with E-state index in [1.165, 1.54) is 0 Å². The van der Waals surface area contributed by atoms with Gasteiger partial charge in [-0.05, 0) is 19.8 Å². The van der Waals surface area contributed by atoms with Gasteiger partial charge >= 0.3 is 5.97 Å². The lowest BCUT2D eigenvalue weighted by Crippen LogP contribution is -2.46. The standard InChI is InChI=1S/C10H14N2O2S/c1-10(8(13)14)3-2-5-12(7-10)9-11-4-6-15-9/h4,6H,2-3,5,7H2,1H3,(H,13,14). The van der Waals surface area contributed by atoms with Crippen LogP contribution in [0.3, 0.4) is 0 Å². The molecular formula is C10H14N2O2S. The summed E-state index contributed by atoms with van der Waals surface area (Å²) in [6.45, 7) is 3.29. The number of thiazole rings is 1. The van der Waals surface area contributed by atoms with Crippen LogP contribution in [0, 0.1) is 5.41 Å². The number of carbonyl (C=O) groups is 1. The van der Waals surface area contributed by atoms with Gasteiger partial charge in [0.2, 0.25) is 0 Å². The molecule has 1 aromatic rings. The van der Waals surface area contributed by atoms with Crippen molar-refractivity contribution in [2.24, 2.45) is 5.41 Å². The Kier molecular flexibility index (Phi) is 2.65. The van der Waals surface area contributed by atoms with Crippen molar-refractivity contribution in [2.75, 3.05) is 18.0 Å². The molecular weight excluding hydrogens is 212 g/mol. The summed E-state index contributed by atoms with van der Waals surface area (Å²) in [5.74, 6) is -0.705. The first-order valence-electron chi connectivity index (χ1n) is 5.00. The van der Waals surface area contributed by atoms with Crippen molar-refractivity contribution >= 4 is 22.4 Å². The summed E-state index contributed by atoms with van der Waals surface area (Å²) in [7, 11) is 0. The van der Waals surface area contributed by atoms with E-state index in [-0.39, 0.29) is 0 Å². The minimum absolute atomic E-state index is 0.565. The van der Waals surface area contributed by atoms with Gasteiger partial charge in [0, 0.05) is 24.7 Å². The van der Waals surface area contributed by atoms with Crippen molar-refractivity contribution in [3.05, 3.63) is 11.6 Å². The number of aromatic nitrogens is 1. The maximum absolute atomic E-state index is 11.1. The van der Waals surface area contributed by atoms with Gasteiger partial charge in [-0.1, -0.05) is 0 Å². The van der Waals surface area contributed by atoms with Crippen LogP contribution in [0.15, 0.2) is 11.6 Å². The summed E-state index contributed by atoms with van der Waals surface area (Å²) < 4.78 is 0. The third-order valence-corrected chi connectivity index (χ3v) is 3.73. The van der Waals surface area contributed by atoms with Crippen molar-refractivity contribution in [3.63, 3.8) is 0 Å². The van der Waals surface area contributed by atoms with Crippen LogP contribution in [0.5, 0.6) is 0 Å². The predicted molar refractivity (Wildman–Crippen MR) is 59.3 cm³/mol. The molecule has 1 unspecified atom stereocenters. The first-order valence-corrected chi connectivity index (χ1v) is 5.88. The van der Waals surface area contributed by atoms with Crippen molar-refractivity contribution in [3.8, 4) is 0 Å². The van der Waals surface area contributed by atoms with E-state index in [1.807, 2.05) is 12.3 Å². The number of hydrogen-bond donors (Lipinski definition) is 1. The fraction of sp³-hybridized carbons (Fsp3) is 0.600. The van der Waals surface area contributed by atoms with Gasteiger partial charge < -0.3 is 10.0 Å². The second-order valence-corrected chi connectivity index (χ2v) is 5.08. The van der Waals surface area contributed by atoms with Crippen molar-refractivity contribution in [1.82, 2.24) is 4.98 Å². The van der Waals surface area contributed by atoms with Gasteiger partial charge in [0.25, 0.3) is 0 Å². The topological polar surface area (TPSA) is 53.4 Å². The Morgan fingerprint density at radius 3 is 3.13 bits per heavy atom. The highest BCUT2D eigenvalue weighted by Crippen LogP contribution is 2.33. The Labute approximate surface area is 92.6 Å². The monoisotopic (exact) mass is 226 g/mol. The Morgan fingerprint density at radius 1 is 1.73 bits per heavy atom. The average Bonchev–Trinajstić information content (AvgIpc) is 2.70.